The first-order valence-electron chi connectivity index (χ1n) is 10.3. The van der Waals surface area contributed by atoms with E-state index < -0.39 is 0 Å². The molecule has 0 aliphatic carbocycles. The third-order valence-electron chi connectivity index (χ3n) is 4.83. The first kappa shape index (κ1) is 22.7. The van der Waals surface area contributed by atoms with Crippen molar-refractivity contribution >= 4 is 34.9 Å². The lowest BCUT2D eigenvalue weighted by Crippen LogP contribution is -2.12. The van der Waals surface area contributed by atoms with Gasteiger partial charge in [0.15, 0.2) is 0 Å². The van der Waals surface area contributed by atoms with Gasteiger partial charge in [0.2, 0.25) is 0 Å². The Morgan fingerprint density at radius 3 is 1.60 bits per heavy atom. The molecule has 0 amide bonds. The number of nitrogens with one attached hydrogen (secondary N) is 2. The second kappa shape index (κ2) is 10.4. The molecule has 1 heterocycles. The minimum Gasteiger partial charge on any atom is -0.468 e. The summed E-state index contributed by atoms with van der Waals surface area (Å²) in [5, 5.41) is 7.04. The molecule has 1 aromatic heterocycles. The van der Waals surface area contributed by atoms with Crippen LogP contribution in [0.4, 0.5) is 11.4 Å². The van der Waals surface area contributed by atoms with Gasteiger partial charge in [0, 0.05) is 33.2 Å². The minimum atomic E-state index is 0.0473. The summed E-state index contributed by atoms with van der Waals surface area (Å²) in [5.41, 5.74) is 4.84. The quantitative estimate of drug-likeness (QED) is 0.336. The van der Waals surface area contributed by atoms with Crippen LogP contribution in [-0.4, -0.2) is 24.6 Å². The van der Waals surface area contributed by atoms with Crippen molar-refractivity contribution in [1.82, 2.24) is 0 Å². The summed E-state index contributed by atoms with van der Waals surface area (Å²) in [6.45, 7) is 8.65. The van der Waals surface area contributed by atoms with E-state index in [-0.39, 0.29) is 5.92 Å². The number of hydrogen-bond acceptors (Lipinski definition) is 5. The number of benzene rings is 2. The van der Waals surface area contributed by atoms with Crippen molar-refractivity contribution in [2.75, 3.05) is 23.1 Å². The van der Waals surface area contributed by atoms with Gasteiger partial charge < -0.3 is 15.1 Å². The molecule has 0 aliphatic rings. The average Bonchev–Trinajstić information content (AvgIpc) is 3.23. The Balaban J connectivity index is 2.12. The Bertz CT molecular complexity index is 890. The van der Waals surface area contributed by atoms with Crippen LogP contribution in [-0.2, 0) is 0 Å². The van der Waals surface area contributed by atoms with Crippen LogP contribution in [0.2, 0.25) is 0 Å². The van der Waals surface area contributed by atoms with Crippen molar-refractivity contribution in [3.05, 3.63) is 71.7 Å². The monoisotopic (exact) mass is 440 g/mol. The summed E-state index contributed by atoms with van der Waals surface area (Å²) in [7, 11) is 0. The molecule has 3 nitrogen and oxygen atoms in total. The summed E-state index contributed by atoms with van der Waals surface area (Å²) < 4.78 is 5.94. The van der Waals surface area contributed by atoms with E-state index in [1.807, 2.05) is 6.07 Å². The summed E-state index contributed by atoms with van der Waals surface area (Å²) in [6.07, 6.45) is 6.05. The van der Waals surface area contributed by atoms with E-state index in [0.717, 1.165) is 17.1 Å². The smallest absolute Gasteiger partial charge is 0.115 e. The van der Waals surface area contributed by atoms with Crippen molar-refractivity contribution < 1.29 is 4.42 Å². The molecule has 0 saturated carbocycles. The van der Waals surface area contributed by atoms with Gasteiger partial charge in [0.05, 0.1) is 12.2 Å². The van der Waals surface area contributed by atoms with Crippen molar-refractivity contribution in [2.24, 2.45) is 0 Å². The van der Waals surface area contributed by atoms with Crippen LogP contribution in [0.5, 0.6) is 0 Å². The molecule has 0 bridgehead atoms. The fraction of sp³-hybridized carbons (Fsp3) is 0.360. The summed E-state index contributed by atoms with van der Waals surface area (Å²) in [6, 6.07) is 18.2. The van der Waals surface area contributed by atoms with E-state index in [0.29, 0.717) is 12.1 Å². The highest BCUT2D eigenvalue weighted by Gasteiger charge is 2.25. The molecule has 0 unspecified atom stereocenters. The number of anilines is 2. The predicted molar refractivity (Wildman–Crippen MR) is 134 cm³/mol. The lowest BCUT2D eigenvalue weighted by molar-refractivity contribution is 0.500. The number of furan rings is 1. The van der Waals surface area contributed by atoms with E-state index >= 15 is 0 Å². The first-order valence-corrected chi connectivity index (χ1v) is 12.8. The maximum atomic E-state index is 5.94. The lowest BCUT2D eigenvalue weighted by atomic mass is 9.88. The van der Waals surface area contributed by atoms with Gasteiger partial charge in [-0.1, -0.05) is 12.1 Å². The molecule has 0 radical (unpaired) electrons. The minimum absolute atomic E-state index is 0.0473. The van der Waals surface area contributed by atoms with E-state index in [9.17, 15) is 0 Å². The Morgan fingerprint density at radius 2 is 1.23 bits per heavy atom. The fourth-order valence-corrected chi connectivity index (χ4v) is 5.01. The molecule has 160 valence electrons. The molecular formula is C25H32N2OS2. The normalized spacial score (nSPS) is 11.5. The van der Waals surface area contributed by atoms with E-state index in [1.54, 1.807) is 29.8 Å². The standard InChI is InChI=1S/C25H32N2OS2/c1-16(2)26-18-9-11-20(23(14-18)29-5)25(22-8-7-13-28-22)21-12-10-19(27-17(3)4)15-24(21)30-6/h7-17,25-27H,1-6H3. The van der Waals surface area contributed by atoms with Crippen LogP contribution < -0.4 is 10.6 Å². The van der Waals surface area contributed by atoms with Gasteiger partial charge in [-0.2, -0.15) is 0 Å². The van der Waals surface area contributed by atoms with Gasteiger partial charge in [-0.25, -0.2) is 0 Å². The van der Waals surface area contributed by atoms with Gasteiger partial charge >= 0.3 is 0 Å². The molecule has 30 heavy (non-hydrogen) atoms. The van der Waals surface area contributed by atoms with Gasteiger partial charge in [-0.05, 0) is 87.7 Å². The van der Waals surface area contributed by atoms with E-state index in [4.69, 9.17) is 4.42 Å². The van der Waals surface area contributed by atoms with Gasteiger partial charge in [-0.15, -0.1) is 23.5 Å². The molecule has 0 aliphatic heterocycles. The average molecular weight is 441 g/mol. The highest BCUT2D eigenvalue weighted by Crippen LogP contribution is 2.42. The second-order valence-electron chi connectivity index (χ2n) is 7.96. The van der Waals surface area contributed by atoms with Crippen molar-refractivity contribution in [2.45, 2.75) is 55.5 Å². The van der Waals surface area contributed by atoms with Crippen LogP contribution in [0.3, 0.4) is 0 Å². The molecule has 2 aromatic carbocycles. The summed E-state index contributed by atoms with van der Waals surface area (Å²) in [5.74, 6) is 1.01. The third kappa shape index (κ3) is 5.38. The lowest BCUT2D eigenvalue weighted by Gasteiger charge is -2.23. The van der Waals surface area contributed by atoms with Crippen LogP contribution >= 0.6 is 23.5 Å². The van der Waals surface area contributed by atoms with Gasteiger partial charge in [0.25, 0.3) is 0 Å². The molecule has 0 fully saturated rings. The zero-order valence-corrected chi connectivity index (χ0v) is 20.3. The largest absolute Gasteiger partial charge is 0.468 e. The molecule has 0 spiro atoms. The molecular weight excluding hydrogens is 408 g/mol. The predicted octanol–water partition coefficient (Wildman–Crippen LogP) is 7.54. The highest BCUT2D eigenvalue weighted by molar-refractivity contribution is 7.99. The number of thioether (sulfide) groups is 2. The molecule has 0 atom stereocenters. The Kier molecular flexibility index (Phi) is 7.84. The first-order chi connectivity index (χ1) is 14.4. The van der Waals surface area contributed by atoms with Crippen molar-refractivity contribution in [3.8, 4) is 0 Å². The molecule has 5 heteroatoms. The van der Waals surface area contributed by atoms with E-state index in [1.165, 1.54) is 20.9 Å². The molecule has 3 rings (SSSR count). The van der Waals surface area contributed by atoms with E-state index in [2.05, 4.69) is 93.3 Å². The summed E-state index contributed by atoms with van der Waals surface area (Å²) in [4.78, 5) is 2.52. The molecule has 0 saturated heterocycles. The Hall–Kier alpha value is -1.98. The Labute approximate surface area is 189 Å². The van der Waals surface area contributed by atoms with Crippen LogP contribution in [0.15, 0.2) is 69.0 Å². The number of hydrogen-bond donors (Lipinski definition) is 2. The van der Waals surface area contributed by atoms with Crippen molar-refractivity contribution in [3.63, 3.8) is 0 Å². The maximum Gasteiger partial charge on any atom is 0.115 e. The van der Waals surface area contributed by atoms with Crippen LogP contribution in [0, 0.1) is 0 Å². The molecule has 3 aromatic rings. The third-order valence-corrected chi connectivity index (χ3v) is 6.41. The zero-order chi connectivity index (χ0) is 21.7. The van der Waals surface area contributed by atoms with Crippen LogP contribution in [0.1, 0.15) is 50.5 Å². The maximum absolute atomic E-state index is 5.94. The second-order valence-corrected chi connectivity index (χ2v) is 9.66. The SMILES string of the molecule is CSc1cc(NC(C)C)ccc1C(c1ccco1)c1ccc(NC(C)C)cc1SC. The molecule has 2 N–H and O–H groups in total. The van der Waals surface area contributed by atoms with Crippen LogP contribution in [0.25, 0.3) is 0 Å². The highest BCUT2D eigenvalue weighted by atomic mass is 32.2. The van der Waals surface area contributed by atoms with Gasteiger partial charge in [0.1, 0.15) is 5.76 Å². The zero-order valence-electron chi connectivity index (χ0n) is 18.7. The number of rotatable bonds is 9. The van der Waals surface area contributed by atoms with Crippen molar-refractivity contribution in [1.29, 1.82) is 0 Å². The Morgan fingerprint density at radius 1 is 0.733 bits per heavy atom. The fourth-order valence-electron chi connectivity index (χ4n) is 3.68. The summed E-state index contributed by atoms with van der Waals surface area (Å²) >= 11 is 3.56. The topological polar surface area (TPSA) is 37.2 Å². The van der Waals surface area contributed by atoms with Gasteiger partial charge in [-0.3, -0.25) is 0 Å².